The zero-order valence-corrected chi connectivity index (χ0v) is 12.4. The fourth-order valence-corrected chi connectivity index (χ4v) is 2.98. The summed E-state index contributed by atoms with van der Waals surface area (Å²) in [5.74, 6) is -0.226. The summed E-state index contributed by atoms with van der Waals surface area (Å²) in [5.41, 5.74) is 4.18. The molecule has 0 saturated carbocycles. The molecular formula is C20H15FN2. The van der Waals surface area contributed by atoms with E-state index in [0.717, 1.165) is 22.2 Å². The molecule has 23 heavy (non-hydrogen) atoms. The summed E-state index contributed by atoms with van der Waals surface area (Å²) in [6.07, 6.45) is 1.85. The summed E-state index contributed by atoms with van der Waals surface area (Å²) in [5, 5.41) is 0. The highest BCUT2D eigenvalue weighted by Gasteiger charge is 2.18. The lowest BCUT2D eigenvalue weighted by atomic mass is 9.98. The topological polar surface area (TPSA) is 17.8 Å². The first-order chi connectivity index (χ1) is 11.3. The van der Waals surface area contributed by atoms with Gasteiger partial charge in [0.2, 0.25) is 0 Å². The van der Waals surface area contributed by atoms with E-state index in [4.69, 9.17) is 0 Å². The normalized spacial score (nSPS) is 12.4. The van der Waals surface area contributed by atoms with Gasteiger partial charge in [-0.25, -0.2) is 9.37 Å². The number of hydrogen-bond acceptors (Lipinski definition) is 1. The first kappa shape index (κ1) is 13.7. The second-order valence-electron chi connectivity index (χ2n) is 5.51. The Morgan fingerprint density at radius 1 is 0.739 bits per heavy atom. The van der Waals surface area contributed by atoms with Gasteiger partial charge in [0.25, 0.3) is 0 Å². The van der Waals surface area contributed by atoms with Gasteiger partial charge in [-0.1, -0.05) is 54.6 Å². The van der Waals surface area contributed by atoms with Crippen LogP contribution >= 0.6 is 0 Å². The molecule has 2 nitrogen and oxygen atoms in total. The maximum atomic E-state index is 13.3. The van der Waals surface area contributed by atoms with Crippen molar-refractivity contribution in [2.45, 2.75) is 6.04 Å². The van der Waals surface area contributed by atoms with E-state index < -0.39 is 0 Å². The van der Waals surface area contributed by atoms with Crippen LogP contribution in [-0.2, 0) is 0 Å². The Hall–Kier alpha value is -2.94. The van der Waals surface area contributed by atoms with E-state index in [-0.39, 0.29) is 11.9 Å². The lowest BCUT2D eigenvalue weighted by Crippen LogP contribution is -2.11. The van der Waals surface area contributed by atoms with Crippen LogP contribution in [0, 0.1) is 5.82 Å². The maximum Gasteiger partial charge on any atom is 0.123 e. The van der Waals surface area contributed by atoms with E-state index in [2.05, 4.69) is 27.8 Å². The Morgan fingerprint density at radius 3 is 2.17 bits per heavy atom. The maximum absolute atomic E-state index is 13.3. The van der Waals surface area contributed by atoms with Crippen LogP contribution in [0.3, 0.4) is 0 Å². The molecule has 0 radical (unpaired) electrons. The molecule has 0 amide bonds. The van der Waals surface area contributed by atoms with Crippen LogP contribution in [0.4, 0.5) is 4.39 Å². The molecule has 1 atom stereocenters. The van der Waals surface area contributed by atoms with E-state index in [1.54, 1.807) is 0 Å². The first-order valence-electron chi connectivity index (χ1n) is 7.55. The van der Waals surface area contributed by atoms with Crippen molar-refractivity contribution in [3.05, 3.63) is 102 Å². The Bertz CT molecular complexity index is 927. The number of hydrogen-bond donors (Lipinski definition) is 0. The van der Waals surface area contributed by atoms with Gasteiger partial charge in [0.1, 0.15) is 5.82 Å². The van der Waals surface area contributed by atoms with Gasteiger partial charge >= 0.3 is 0 Å². The smallest absolute Gasteiger partial charge is 0.123 e. The monoisotopic (exact) mass is 302 g/mol. The molecule has 0 N–H and O–H groups in total. The minimum atomic E-state index is -0.226. The zero-order valence-electron chi connectivity index (χ0n) is 12.4. The molecule has 3 aromatic carbocycles. The summed E-state index contributed by atoms with van der Waals surface area (Å²) in [6.45, 7) is 0. The van der Waals surface area contributed by atoms with Crippen LogP contribution < -0.4 is 0 Å². The van der Waals surface area contributed by atoms with E-state index in [1.807, 2.05) is 54.9 Å². The third kappa shape index (κ3) is 2.50. The molecule has 0 fully saturated rings. The summed E-state index contributed by atoms with van der Waals surface area (Å²) < 4.78 is 15.5. The van der Waals surface area contributed by atoms with Gasteiger partial charge in [-0.05, 0) is 35.4 Å². The van der Waals surface area contributed by atoms with E-state index in [1.165, 1.54) is 12.1 Å². The predicted molar refractivity (Wildman–Crippen MR) is 89.8 cm³/mol. The lowest BCUT2D eigenvalue weighted by molar-refractivity contribution is 0.623. The number of benzene rings is 3. The van der Waals surface area contributed by atoms with E-state index in [0.29, 0.717) is 0 Å². The van der Waals surface area contributed by atoms with Gasteiger partial charge in [0.15, 0.2) is 0 Å². The van der Waals surface area contributed by atoms with Crippen LogP contribution in [-0.4, -0.2) is 9.55 Å². The predicted octanol–water partition coefficient (Wildman–Crippen LogP) is 4.81. The summed E-state index contributed by atoms with van der Waals surface area (Å²) >= 11 is 0. The zero-order chi connectivity index (χ0) is 15.6. The Kier molecular flexibility index (Phi) is 3.39. The highest BCUT2D eigenvalue weighted by Crippen LogP contribution is 2.29. The van der Waals surface area contributed by atoms with Crippen molar-refractivity contribution in [3.63, 3.8) is 0 Å². The number of nitrogens with zero attached hydrogens (tertiary/aromatic N) is 2. The first-order valence-corrected chi connectivity index (χ1v) is 7.55. The number of aromatic nitrogens is 2. The fraction of sp³-hybridized carbons (Fsp3) is 0.0500. The molecule has 4 aromatic rings. The average molecular weight is 302 g/mol. The van der Waals surface area contributed by atoms with E-state index in [9.17, 15) is 4.39 Å². The minimum Gasteiger partial charge on any atom is -0.319 e. The second-order valence-corrected chi connectivity index (χ2v) is 5.51. The Balaban J connectivity index is 1.94. The van der Waals surface area contributed by atoms with Crippen molar-refractivity contribution in [1.29, 1.82) is 0 Å². The van der Waals surface area contributed by atoms with Gasteiger partial charge < -0.3 is 4.57 Å². The number of fused-ring (bicyclic) bond motifs is 1. The van der Waals surface area contributed by atoms with Crippen LogP contribution in [0.25, 0.3) is 11.0 Å². The molecule has 4 rings (SSSR count). The molecular weight excluding hydrogens is 287 g/mol. The molecule has 1 unspecified atom stereocenters. The van der Waals surface area contributed by atoms with Crippen LogP contribution in [0.15, 0.2) is 85.2 Å². The molecule has 0 saturated heterocycles. The summed E-state index contributed by atoms with van der Waals surface area (Å²) in [4.78, 5) is 4.50. The van der Waals surface area contributed by atoms with Crippen molar-refractivity contribution >= 4 is 11.0 Å². The largest absolute Gasteiger partial charge is 0.319 e. The average Bonchev–Trinajstić information content (AvgIpc) is 3.02. The molecule has 0 aliphatic rings. The second kappa shape index (κ2) is 5.69. The van der Waals surface area contributed by atoms with Crippen LogP contribution in [0.5, 0.6) is 0 Å². The molecule has 0 spiro atoms. The van der Waals surface area contributed by atoms with Gasteiger partial charge in [-0.2, -0.15) is 0 Å². The lowest BCUT2D eigenvalue weighted by Gasteiger charge is -2.20. The third-order valence-electron chi connectivity index (χ3n) is 4.06. The molecule has 0 aliphatic heterocycles. The van der Waals surface area contributed by atoms with Crippen molar-refractivity contribution in [1.82, 2.24) is 9.55 Å². The number of imidazole rings is 1. The minimum absolute atomic E-state index is 0.0378. The molecule has 1 heterocycles. The molecule has 112 valence electrons. The Morgan fingerprint density at radius 2 is 1.39 bits per heavy atom. The van der Waals surface area contributed by atoms with Crippen molar-refractivity contribution in [3.8, 4) is 0 Å². The molecule has 0 aliphatic carbocycles. The van der Waals surface area contributed by atoms with Crippen molar-refractivity contribution in [2.75, 3.05) is 0 Å². The third-order valence-corrected chi connectivity index (χ3v) is 4.06. The molecule has 0 bridgehead atoms. The standard InChI is InChI=1S/C20H15FN2/c21-17-12-10-16(11-13-17)20(15-6-2-1-3-7-15)23-14-22-18-8-4-5-9-19(18)23/h1-14,20H. The number of para-hydroxylation sites is 2. The van der Waals surface area contributed by atoms with Gasteiger partial charge in [-0.15, -0.1) is 0 Å². The van der Waals surface area contributed by atoms with E-state index >= 15 is 0 Å². The van der Waals surface area contributed by atoms with Crippen LogP contribution in [0.2, 0.25) is 0 Å². The highest BCUT2D eigenvalue weighted by molar-refractivity contribution is 5.75. The SMILES string of the molecule is Fc1ccc(C(c2ccccc2)n2cnc3ccccc32)cc1. The quantitative estimate of drug-likeness (QED) is 0.531. The van der Waals surface area contributed by atoms with Gasteiger partial charge in [0.05, 0.1) is 23.4 Å². The Labute approximate surface area is 133 Å². The summed E-state index contributed by atoms with van der Waals surface area (Å²) in [6, 6.07) is 24.9. The molecule has 3 heteroatoms. The van der Waals surface area contributed by atoms with Gasteiger partial charge in [0, 0.05) is 0 Å². The molecule has 1 aromatic heterocycles. The van der Waals surface area contributed by atoms with Crippen LogP contribution in [0.1, 0.15) is 17.2 Å². The van der Waals surface area contributed by atoms with Crippen molar-refractivity contribution in [2.24, 2.45) is 0 Å². The fourth-order valence-electron chi connectivity index (χ4n) is 2.98. The number of rotatable bonds is 3. The van der Waals surface area contributed by atoms with Crippen molar-refractivity contribution < 1.29 is 4.39 Å². The summed E-state index contributed by atoms with van der Waals surface area (Å²) in [7, 11) is 0. The van der Waals surface area contributed by atoms with Gasteiger partial charge in [-0.3, -0.25) is 0 Å². The highest BCUT2D eigenvalue weighted by atomic mass is 19.1. The number of halogens is 1.